The smallest absolute Gasteiger partial charge is 0.354 e. The summed E-state index contributed by atoms with van der Waals surface area (Å²) >= 11 is 1.34. The summed E-state index contributed by atoms with van der Waals surface area (Å²) in [5.74, 6) is -1.62. The lowest BCUT2D eigenvalue weighted by atomic mass is 10.0. The van der Waals surface area contributed by atoms with E-state index in [1.54, 1.807) is 30.3 Å². The van der Waals surface area contributed by atoms with Crippen molar-refractivity contribution in [1.82, 2.24) is 10.2 Å². The molecule has 1 aromatic carbocycles. The monoisotopic (exact) mass is 435 g/mol. The number of methoxy groups -OCH3 is 1. The molecule has 2 amide bonds. The van der Waals surface area contributed by atoms with Gasteiger partial charge in [-0.3, -0.25) is 18.7 Å². The van der Waals surface area contributed by atoms with Crippen molar-refractivity contribution in [2.45, 2.75) is 16.3 Å². The van der Waals surface area contributed by atoms with Crippen LogP contribution in [0.3, 0.4) is 0 Å². The van der Waals surface area contributed by atoms with Gasteiger partial charge in [0.05, 0.1) is 24.5 Å². The van der Waals surface area contributed by atoms with Gasteiger partial charge in [0.15, 0.2) is 0 Å². The molecule has 2 aliphatic heterocycles. The highest BCUT2D eigenvalue weighted by Gasteiger charge is 2.54. The molecule has 2 unspecified atom stereocenters. The van der Waals surface area contributed by atoms with Crippen LogP contribution in [-0.2, 0) is 29.9 Å². The number of nitrogens with zero attached hydrogens (tertiary/aromatic N) is 4. The minimum atomic E-state index is -1.53. The molecule has 12 heteroatoms. The molecule has 3 rings (SSSR count). The minimum absolute atomic E-state index is 0.0482. The third-order valence-corrected chi connectivity index (χ3v) is 7.00. The Kier molecular flexibility index (Phi) is 6.57. The topological polar surface area (TPSA) is 142 Å². The van der Waals surface area contributed by atoms with Gasteiger partial charge in [0.2, 0.25) is 5.91 Å². The number of hydrogen-bond donors (Lipinski definition) is 1. The highest BCUT2D eigenvalue weighted by Crippen LogP contribution is 2.40. The third kappa shape index (κ3) is 4.29. The van der Waals surface area contributed by atoms with Gasteiger partial charge in [-0.15, -0.1) is 11.8 Å². The molecular weight excluding hydrogens is 418 g/mol. The van der Waals surface area contributed by atoms with Crippen molar-refractivity contribution >= 4 is 40.3 Å². The number of rotatable bonds is 7. The van der Waals surface area contributed by atoms with Gasteiger partial charge in [-0.1, -0.05) is 23.3 Å². The number of β-lactam (4-membered cyclic amide) rings is 1. The van der Waals surface area contributed by atoms with E-state index in [2.05, 4.69) is 15.3 Å². The van der Waals surface area contributed by atoms with Crippen molar-refractivity contribution in [3.63, 3.8) is 0 Å². The van der Waals surface area contributed by atoms with Crippen molar-refractivity contribution in [3.05, 3.63) is 52.0 Å². The molecule has 29 heavy (non-hydrogen) atoms. The van der Waals surface area contributed by atoms with Crippen molar-refractivity contribution in [2.24, 2.45) is 5.11 Å². The number of carbonyl (C=O) groups excluding carboxylic acids is 3. The maximum absolute atomic E-state index is 12.6. The molecule has 2 aliphatic rings. The summed E-state index contributed by atoms with van der Waals surface area (Å²) in [6, 6.07) is 7.73. The van der Waals surface area contributed by atoms with Gasteiger partial charge in [-0.2, -0.15) is 0 Å². The number of thioether (sulfide) groups is 1. The van der Waals surface area contributed by atoms with Gasteiger partial charge in [-0.25, -0.2) is 4.79 Å². The summed E-state index contributed by atoms with van der Waals surface area (Å²) in [5.41, 5.74) is 9.05. The molecule has 0 spiro atoms. The lowest BCUT2D eigenvalue weighted by Crippen LogP contribution is -2.71. The molecule has 0 aromatic heterocycles. The van der Waals surface area contributed by atoms with E-state index in [1.165, 1.54) is 23.8 Å². The standard InChI is InChI=1S/C17H17N5O5S2/c1-27-17(25)14-10(7-19-21-18)8-28-16-13(15(24)22(14)16)20-12(23)9-29(26)11-5-3-2-4-6-11/h2-6,13,16H,7-9H2,1H3,(H,20,23)/t13?,16-,29?/m0/s1. The Morgan fingerprint density at radius 1 is 1.41 bits per heavy atom. The van der Waals surface area contributed by atoms with Crippen LogP contribution in [0.25, 0.3) is 10.4 Å². The fraction of sp³-hybridized carbons (Fsp3) is 0.353. The van der Waals surface area contributed by atoms with E-state index >= 15 is 0 Å². The summed E-state index contributed by atoms with van der Waals surface area (Å²) in [6.45, 7) is -0.0580. The van der Waals surface area contributed by atoms with E-state index in [9.17, 15) is 18.6 Å². The first-order valence-corrected chi connectivity index (χ1v) is 10.8. The first-order valence-electron chi connectivity index (χ1n) is 8.46. The second-order valence-corrected chi connectivity index (χ2v) is 8.65. The molecule has 1 saturated heterocycles. The predicted octanol–water partition coefficient (Wildman–Crippen LogP) is 0.931. The molecule has 0 saturated carbocycles. The zero-order valence-corrected chi connectivity index (χ0v) is 16.9. The highest BCUT2D eigenvalue weighted by atomic mass is 32.2. The van der Waals surface area contributed by atoms with E-state index in [1.807, 2.05) is 0 Å². The van der Waals surface area contributed by atoms with Crippen LogP contribution in [0.2, 0.25) is 0 Å². The maximum atomic E-state index is 12.6. The van der Waals surface area contributed by atoms with Crippen LogP contribution in [0.1, 0.15) is 0 Å². The summed E-state index contributed by atoms with van der Waals surface area (Å²) in [7, 11) is -0.334. The second kappa shape index (κ2) is 9.12. The van der Waals surface area contributed by atoms with Gasteiger partial charge in [0.1, 0.15) is 22.9 Å². The molecule has 3 atom stereocenters. The van der Waals surface area contributed by atoms with Crippen LogP contribution in [0.4, 0.5) is 0 Å². The van der Waals surface area contributed by atoms with Crippen LogP contribution in [0, 0.1) is 0 Å². The maximum Gasteiger partial charge on any atom is 0.354 e. The summed E-state index contributed by atoms with van der Waals surface area (Å²) in [6.07, 6.45) is 0. The lowest BCUT2D eigenvalue weighted by molar-refractivity contribution is -0.151. The number of ether oxygens (including phenoxy) is 1. The Labute approximate surface area is 172 Å². The molecule has 0 radical (unpaired) electrons. The van der Waals surface area contributed by atoms with Crippen molar-refractivity contribution in [3.8, 4) is 0 Å². The molecule has 1 fully saturated rings. The quantitative estimate of drug-likeness (QED) is 0.222. The molecule has 1 aromatic rings. The summed E-state index contributed by atoms with van der Waals surface area (Å²) in [4.78, 5) is 41.5. The number of fused-ring (bicyclic) bond motifs is 1. The molecule has 152 valence electrons. The average molecular weight is 435 g/mol. The third-order valence-electron chi connectivity index (χ3n) is 4.34. The number of hydrogen-bond acceptors (Lipinski definition) is 7. The normalized spacial score (nSPS) is 21.4. The van der Waals surface area contributed by atoms with E-state index < -0.39 is 40.0 Å². The van der Waals surface area contributed by atoms with E-state index in [0.717, 1.165) is 0 Å². The van der Waals surface area contributed by atoms with E-state index in [4.69, 9.17) is 10.3 Å². The number of benzene rings is 1. The van der Waals surface area contributed by atoms with Crippen LogP contribution in [-0.4, -0.2) is 63.5 Å². The van der Waals surface area contributed by atoms with Crippen molar-refractivity contribution in [2.75, 3.05) is 25.2 Å². The fourth-order valence-corrected chi connectivity index (χ4v) is 5.28. The molecule has 0 aliphatic carbocycles. The fourth-order valence-electron chi connectivity index (χ4n) is 3.00. The van der Waals surface area contributed by atoms with Gasteiger partial charge < -0.3 is 10.1 Å². The first-order chi connectivity index (χ1) is 14.0. The molecule has 0 bridgehead atoms. The number of nitrogens with one attached hydrogen (secondary N) is 1. The first kappa shape index (κ1) is 20.9. The van der Waals surface area contributed by atoms with Gasteiger partial charge in [-0.05, 0) is 23.2 Å². The highest BCUT2D eigenvalue weighted by molar-refractivity contribution is 8.00. The Balaban J connectivity index is 1.69. The number of amides is 2. The zero-order valence-electron chi connectivity index (χ0n) is 15.3. The minimum Gasteiger partial charge on any atom is -0.464 e. The Morgan fingerprint density at radius 3 is 2.79 bits per heavy atom. The summed E-state index contributed by atoms with van der Waals surface area (Å²) in [5, 5.41) is 5.58. The number of carbonyl (C=O) groups is 3. The Morgan fingerprint density at radius 2 is 2.14 bits per heavy atom. The number of azide groups is 1. The van der Waals surface area contributed by atoms with Crippen LogP contribution in [0.5, 0.6) is 0 Å². The Bertz CT molecular complexity index is 945. The van der Waals surface area contributed by atoms with E-state index in [0.29, 0.717) is 16.2 Å². The summed E-state index contributed by atoms with van der Waals surface area (Å²) < 4.78 is 17.0. The SMILES string of the molecule is COC(=O)C1=C(CN=[N+]=[N-])CS[C@H]2C(NC(=O)CS(=O)c3ccccc3)C(=O)N12. The predicted molar refractivity (Wildman–Crippen MR) is 106 cm³/mol. The molecule has 2 heterocycles. The average Bonchev–Trinajstić information content (AvgIpc) is 2.75. The Hall–Kier alpha value is -2.82. The van der Waals surface area contributed by atoms with Crippen LogP contribution < -0.4 is 5.32 Å². The zero-order chi connectivity index (χ0) is 21.0. The number of esters is 1. The van der Waals surface area contributed by atoms with Crippen molar-refractivity contribution in [1.29, 1.82) is 0 Å². The van der Waals surface area contributed by atoms with Gasteiger partial charge in [0.25, 0.3) is 5.91 Å². The van der Waals surface area contributed by atoms with Gasteiger partial charge >= 0.3 is 5.97 Å². The van der Waals surface area contributed by atoms with Crippen molar-refractivity contribution < 1.29 is 23.3 Å². The van der Waals surface area contributed by atoms with Crippen LogP contribution in [0.15, 0.2) is 51.6 Å². The van der Waals surface area contributed by atoms with Gasteiger partial charge in [0, 0.05) is 15.6 Å². The second-order valence-electron chi connectivity index (χ2n) is 6.09. The molecular formula is C17H17N5O5S2. The lowest BCUT2D eigenvalue weighted by Gasteiger charge is -2.49. The van der Waals surface area contributed by atoms with Crippen LogP contribution >= 0.6 is 11.8 Å². The molecule has 10 nitrogen and oxygen atoms in total. The molecule has 1 N–H and O–H groups in total. The van der Waals surface area contributed by atoms with E-state index in [-0.39, 0.29) is 18.0 Å². The largest absolute Gasteiger partial charge is 0.464 e.